The Labute approximate surface area is 98.4 Å². The maximum atomic E-state index is 11.5. The Bertz CT molecular complexity index is 536. The van der Waals surface area contributed by atoms with Gasteiger partial charge in [0.05, 0.1) is 0 Å². The topological polar surface area (TPSA) is 86.4 Å². The lowest BCUT2D eigenvalue weighted by atomic mass is 10.2. The smallest absolute Gasteiger partial charge is 0.280 e. The molecule has 0 spiro atoms. The van der Waals surface area contributed by atoms with Crippen molar-refractivity contribution >= 4 is 11.9 Å². The summed E-state index contributed by atoms with van der Waals surface area (Å²) in [6.07, 6.45) is 3.85. The number of nitrogens with zero attached hydrogens (tertiary/aromatic N) is 2. The van der Waals surface area contributed by atoms with Crippen LogP contribution in [0.3, 0.4) is 0 Å². The van der Waals surface area contributed by atoms with Crippen LogP contribution < -0.4 is 11.5 Å². The molecule has 0 saturated carbocycles. The molecule has 0 saturated heterocycles. The lowest BCUT2D eigenvalue weighted by Crippen LogP contribution is -2.24. The van der Waals surface area contributed by atoms with Gasteiger partial charge >= 0.3 is 0 Å². The number of guanidine groups is 1. The van der Waals surface area contributed by atoms with Crippen molar-refractivity contribution in [2.75, 3.05) is 0 Å². The third-order valence-corrected chi connectivity index (χ3v) is 2.25. The molecule has 2 aromatic rings. The van der Waals surface area contributed by atoms with Crippen LogP contribution in [0.4, 0.5) is 0 Å². The van der Waals surface area contributed by atoms with Gasteiger partial charge in [-0.15, -0.1) is 0 Å². The molecule has 5 heteroatoms. The number of rotatable bonds is 2. The third kappa shape index (κ3) is 2.52. The molecule has 0 radical (unpaired) electrons. The largest absolute Gasteiger partial charge is 0.370 e. The van der Waals surface area contributed by atoms with Gasteiger partial charge in [0.15, 0.2) is 5.96 Å². The summed E-state index contributed by atoms with van der Waals surface area (Å²) < 4.78 is 1.94. The summed E-state index contributed by atoms with van der Waals surface area (Å²) in [5, 5.41) is 0. The van der Waals surface area contributed by atoms with Gasteiger partial charge in [0, 0.05) is 23.6 Å². The first kappa shape index (κ1) is 10.9. The molecule has 1 aromatic carbocycles. The van der Waals surface area contributed by atoms with Gasteiger partial charge in [0.1, 0.15) is 0 Å². The van der Waals surface area contributed by atoms with E-state index in [9.17, 15) is 4.79 Å². The Hall–Kier alpha value is -2.56. The van der Waals surface area contributed by atoms with Crippen LogP contribution in [0.5, 0.6) is 0 Å². The molecule has 0 aliphatic carbocycles. The number of aromatic nitrogens is 1. The molecule has 0 aliphatic rings. The highest BCUT2D eigenvalue weighted by molar-refractivity contribution is 6.01. The highest BCUT2D eigenvalue weighted by atomic mass is 16.1. The van der Waals surface area contributed by atoms with Crippen LogP contribution in [0.2, 0.25) is 0 Å². The molecular formula is C12H12N4O. The molecule has 0 atom stereocenters. The highest BCUT2D eigenvalue weighted by Crippen LogP contribution is 2.10. The Morgan fingerprint density at radius 2 is 1.65 bits per heavy atom. The summed E-state index contributed by atoms with van der Waals surface area (Å²) in [6, 6.07) is 10.9. The average Bonchev–Trinajstić information content (AvgIpc) is 2.82. The van der Waals surface area contributed by atoms with Crippen molar-refractivity contribution in [2.45, 2.75) is 0 Å². The van der Waals surface area contributed by atoms with Gasteiger partial charge in [-0.1, -0.05) is 0 Å². The van der Waals surface area contributed by atoms with Crippen LogP contribution in [0.25, 0.3) is 5.69 Å². The number of carbonyl (C=O) groups excluding carboxylic acids is 1. The number of carbonyl (C=O) groups is 1. The minimum absolute atomic E-state index is 0.232. The van der Waals surface area contributed by atoms with E-state index in [0.717, 1.165) is 5.69 Å². The Morgan fingerprint density at radius 3 is 2.18 bits per heavy atom. The maximum Gasteiger partial charge on any atom is 0.280 e. The van der Waals surface area contributed by atoms with Gasteiger partial charge in [-0.25, -0.2) is 0 Å². The highest BCUT2D eigenvalue weighted by Gasteiger charge is 2.04. The lowest BCUT2D eigenvalue weighted by Gasteiger charge is -2.03. The molecule has 2 rings (SSSR count). The maximum absolute atomic E-state index is 11.5. The van der Waals surface area contributed by atoms with Crippen LogP contribution in [-0.4, -0.2) is 16.4 Å². The standard InChI is InChI=1S/C12H12N4O/c13-12(14)15-11(17)9-3-5-10(6-4-9)16-7-1-2-8-16/h1-8H,(H4,13,14,15,17). The van der Waals surface area contributed by atoms with Gasteiger partial charge in [0.25, 0.3) is 5.91 Å². The summed E-state index contributed by atoms with van der Waals surface area (Å²) in [4.78, 5) is 15.0. The summed E-state index contributed by atoms with van der Waals surface area (Å²) >= 11 is 0. The fraction of sp³-hybridized carbons (Fsp3) is 0. The van der Waals surface area contributed by atoms with Crippen LogP contribution in [-0.2, 0) is 0 Å². The van der Waals surface area contributed by atoms with E-state index in [0.29, 0.717) is 5.56 Å². The summed E-state index contributed by atoms with van der Waals surface area (Å²) in [5.41, 5.74) is 11.7. The molecule has 17 heavy (non-hydrogen) atoms. The van der Waals surface area contributed by atoms with Gasteiger partial charge in [-0.05, 0) is 36.4 Å². The van der Waals surface area contributed by atoms with Crippen molar-refractivity contribution in [1.82, 2.24) is 4.57 Å². The Kier molecular flexibility index (Phi) is 2.91. The van der Waals surface area contributed by atoms with Gasteiger partial charge < -0.3 is 16.0 Å². The van der Waals surface area contributed by atoms with E-state index in [-0.39, 0.29) is 5.96 Å². The van der Waals surface area contributed by atoms with Crippen molar-refractivity contribution in [3.05, 3.63) is 54.4 Å². The Morgan fingerprint density at radius 1 is 1.06 bits per heavy atom. The van der Waals surface area contributed by atoms with E-state index in [2.05, 4.69) is 4.99 Å². The predicted octanol–water partition coefficient (Wildman–Crippen LogP) is 0.891. The van der Waals surface area contributed by atoms with Gasteiger partial charge in [-0.3, -0.25) is 4.79 Å². The van der Waals surface area contributed by atoms with Crippen molar-refractivity contribution in [3.8, 4) is 5.69 Å². The zero-order valence-electron chi connectivity index (χ0n) is 9.08. The monoisotopic (exact) mass is 228 g/mol. The van der Waals surface area contributed by atoms with Crippen molar-refractivity contribution in [1.29, 1.82) is 0 Å². The lowest BCUT2D eigenvalue weighted by molar-refractivity contribution is 0.100. The summed E-state index contributed by atoms with van der Waals surface area (Å²) in [7, 11) is 0. The fourth-order valence-corrected chi connectivity index (χ4v) is 1.46. The molecule has 0 fully saturated rings. The number of hydrogen-bond acceptors (Lipinski definition) is 1. The van der Waals surface area contributed by atoms with Crippen molar-refractivity contribution in [2.24, 2.45) is 16.5 Å². The number of amides is 1. The van der Waals surface area contributed by atoms with E-state index in [1.165, 1.54) is 0 Å². The number of nitrogens with two attached hydrogens (primary N) is 2. The summed E-state index contributed by atoms with van der Waals surface area (Å²) in [6.45, 7) is 0. The molecular weight excluding hydrogens is 216 g/mol. The molecule has 1 heterocycles. The molecule has 0 unspecified atom stereocenters. The molecule has 86 valence electrons. The fourth-order valence-electron chi connectivity index (χ4n) is 1.46. The van der Waals surface area contributed by atoms with Crippen molar-refractivity contribution < 1.29 is 4.79 Å². The second kappa shape index (κ2) is 4.52. The molecule has 1 aromatic heterocycles. The van der Waals surface area contributed by atoms with Gasteiger partial charge in [-0.2, -0.15) is 4.99 Å². The molecule has 0 aliphatic heterocycles. The zero-order chi connectivity index (χ0) is 12.3. The second-order valence-corrected chi connectivity index (χ2v) is 3.48. The first-order valence-corrected chi connectivity index (χ1v) is 5.04. The number of aliphatic imine (C=N–C) groups is 1. The first-order valence-electron chi connectivity index (χ1n) is 5.04. The SMILES string of the molecule is NC(N)=NC(=O)c1ccc(-n2cccc2)cc1. The number of hydrogen-bond donors (Lipinski definition) is 2. The molecule has 0 bridgehead atoms. The van der Waals surface area contributed by atoms with Crippen LogP contribution in [0, 0.1) is 0 Å². The van der Waals surface area contributed by atoms with E-state index in [1.807, 2.05) is 41.2 Å². The number of benzene rings is 1. The quantitative estimate of drug-likeness (QED) is 0.591. The molecule has 5 nitrogen and oxygen atoms in total. The molecule has 4 N–H and O–H groups in total. The predicted molar refractivity (Wildman–Crippen MR) is 65.9 cm³/mol. The minimum atomic E-state index is -0.441. The normalized spacial score (nSPS) is 9.88. The molecule has 1 amide bonds. The first-order chi connectivity index (χ1) is 8.16. The van der Waals surface area contributed by atoms with E-state index in [4.69, 9.17) is 11.5 Å². The third-order valence-electron chi connectivity index (χ3n) is 2.25. The minimum Gasteiger partial charge on any atom is -0.370 e. The zero-order valence-corrected chi connectivity index (χ0v) is 9.08. The Balaban J connectivity index is 2.25. The van der Waals surface area contributed by atoms with Crippen LogP contribution in [0.1, 0.15) is 10.4 Å². The van der Waals surface area contributed by atoms with E-state index >= 15 is 0 Å². The summed E-state index contributed by atoms with van der Waals surface area (Å²) in [5.74, 6) is -0.673. The van der Waals surface area contributed by atoms with E-state index < -0.39 is 5.91 Å². The average molecular weight is 228 g/mol. The van der Waals surface area contributed by atoms with Gasteiger partial charge in [0.2, 0.25) is 0 Å². The second-order valence-electron chi connectivity index (χ2n) is 3.48. The van der Waals surface area contributed by atoms with Crippen LogP contribution in [0.15, 0.2) is 53.8 Å². The van der Waals surface area contributed by atoms with Crippen molar-refractivity contribution in [3.63, 3.8) is 0 Å². The van der Waals surface area contributed by atoms with Crippen LogP contribution >= 0.6 is 0 Å². The van der Waals surface area contributed by atoms with E-state index in [1.54, 1.807) is 12.1 Å².